The van der Waals surface area contributed by atoms with Crippen LogP contribution in [0.25, 0.3) is 0 Å². The third-order valence-electron chi connectivity index (χ3n) is 2.93. The van der Waals surface area contributed by atoms with Gasteiger partial charge < -0.3 is 0 Å². The third kappa shape index (κ3) is 2.72. The first-order chi connectivity index (χ1) is 9.45. The quantitative estimate of drug-likeness (QED) is 0.662. The Hall–Kier alpha value is -1.98. The number of rotatable bonds is 3. The Morgan fingerprint density at radius 3 is 1.58 bits per heavy atom. The zero-order valence-corrected chi connectivity index (χ0v) is 11.4. The topological polar surface area (TPSA) is 12.9 Å². The van der Waals surface area contributed by atoms with Gasteiger partial charge in [-0.15, -0.1) is 0 Å². The Labute approximate surface area is 114 Å². The molecule has 0 aliphatic heterocycles. The van der Waals surface area contributed by atoms with Crippen molar-refractivity contribution >= 4 is 23.8 Å². The predicted molar refractivity (Wildman–Crippen MR) is 82.9 cm³/mol. The van der Waals surface area contributed by atoms with Crippen LogP contribution in [0.15, 0.2) is 85.2 Å². The van der Waals surface area contributed by atoms with Crippen LogP contribution >= 0.6 is 7.92 Å². The van der Waals surface area contributed by atoms with E-state index in [0.29, 0.717) is 0 Å². The summed E-state index contributed by atoms with van der Waals surface area (Å²) < 4.78 is 0. The molecule has 92 valence electrons. The number of pyridine rings is 1. The normalized spacial score (nSPS) is 10.6. The molecule has 1 heterocycles. The standard InChI is InChI=1S/C17H14NP/c1-3-8-15(9-4-1)19(16-10-5-2-6-11-16)17-12-7-13-18-14-17/h1-14H. The molecule has 3 rings (SSSR count). The van der Waals surface area contributed by atoms with Crippen molar-refractivity contribution in [1.29, 1.82) is 0 Å². The highest BCUT2D eigenvalue weighted by Crippen LogP contribution is 2.31. The van der Waals surface area contributed by atoms with Crippen LogP contribution < -0.4 is 15.9 Å². The minimum Gasteiger partial charge on any atom is -0.264 e. The van der Waals surface area contributed by atoms with Gasteiger partial charge in [0.1, 0.15) is 0 Å². The number of nitrogens with zero attached hydrogens (tertiary/aromatic N) is 1. The summed E-state index contributed by atoms with van der Waals surface area (Å²) in [6.45, 7) is 0. The lowest BCUT2D eigenvalue weighted by Gasteiger charge is -2.18. The van der Waals surface area contributed by atoms with E-state index in [-0.39, 0.29) is 0 Å². The number of hydrogen-bond acceptors (Lipinski definition) is 1. The van der Waals surface area contributed by atoms with E-state index in [2.05, 4.69) is 71.7 Å². The molecule has 0 radical (unpaired) electrons. The minimum atomic E-state index is -0.508. The molecule has 1 aromatic heterocycles. The van der Waals surface area contributed by atoms with E-state index >= 15 is 0 Å². The van der Waals surface area contributed by atoms with E-state index in [1.165, 1.54) is 15.9 Å². The Kier molecular flexibility index (Phi) is 3.67. The first-order valence-electron chi connectivity index (χ1n) is 6.25. The number of hydrogen-bond donors (Lipinski definition) is 0. The van der Waals surface area contributed by atoms with Gasteiger partial charge in [0.2, 0.25) is 0 Å². The summed E-state index contributed by atoms with van der Waals surface area (Å²) in [7, 11) is -0.508. The lowest BCUT2D eigenvalue weighted by atomic mass is 10.4. The van der Waals surface area contributed by atoms with Crippen molar-refractivity contribution in [2.75, 3.05) is 0 Å². The van der Waals surface area contributed by atoms with Crippen LogP contribution in [0.1, 0.15) is 0 Å². The van der Waals surface area contributed by atoms with Crippen molar-refractivity contribution in [1.82, 2.24) is 4.98 Å². The maximum absolute atomic E-state index is 4.27. The maximum Gasteiger partial charge on any atom is 0.0351 e. The SMILES string of the molecule is c1ccc(P(c2ccccc2)c2cccnc2)cc1. The smallest absolute Gasteiger partial charge is 0.0351 e. The van der Waals surface area contributed by atoms with Crippen LogP contribution in [0.5, 0.6) is 0 Å². The highest BCUT2D eigenvalue weighted by Gasteiger charge is 2.15. The van der Waals surface area contributed by atoms with Crippen molar-refractivity contribution in [3.8, 4) is 0 Å². The highest BCUT2D eigenvalue weighted by atomic mass is 31.1. The Bertz CT molecular complexity index is 529. The first kappa shape index (κ1) is 12.1. The molecule has 0 bridgehead atoms. The molecule has 3 aromatic rings. The van der Waals surface area contributed by atoms with E-state index in [0.717, 1.165) is 0 Å². The first-order valence-corrected chi connectivity index (χ1v) is 7.59. The molecule has 0 fully saturated rings. The molecule has 0 N–H and O–H groups in total. The monoisotopic (exact) mass is 263 g/mol. The Morgan fingerprint density at radius 1 is 0.579 bits per heavy atom. The summed E-state index contributed by atoms with van der Waals surface area (Å²) in [5, 5.41) is 4.00. The largest absolute Gasteiger partial charge is 0.264 e. The zero-order valence-electron chi connectivity index (χ0n) is 10.5. The number of benzene rings is 2. The van der Waals surface area contributed by atoms with Gasteiger partial charge in [0.05, 0.1) is 0 Å². The van der Waals surface area contributed by atoms with Gasteiger partial charge in [-0.25, -0.2) is 0 Å². The molecule has 0 saturated heterocycles. The van der Waals surface area contributed by atoms with Crippen molar-refractivity contribution in [2.24, 2.45) is 0 Å². The van der Waals surface area contributed by atoms with Crippen LogP contribution in [-0.4, -0.2) is 4.98 Å². The minimum absolute atomic E-state index is 0.508. The molecule has 0 unspecified atom stereocenters. The van der Waals surface area contributed by atoms with Crippen LogP contribution in [0.3, 0.4) is 0 Å². The lowest BCUT2D eigenvalue weighted by molar-refractivity contribution is 1.35. The molecule has 0 aliphatic rings. The Balaban J connectivity index is 2.12. The van der Waals surface area contributed by atoms with E-state index in [1.807, 2.05) is 18.5 Å². The molecular weight excluding hydrogens is 249 g/mol. The fourth-order valence-electron chi connectivity index (χ4n) is 2.09. The van der Waals surface area contributed by atoms with Crippen LogP contribution in [0.4, 0.5) is 0 Å². The van der Waals surface area contributed by atoms with Gasteiger partial charge in [-0.05, 0) is 24.6 Å². The van der Waals surface area contributed by atoms with Crippen molar-refractivity contribution in [3.63, 3.8) is 0 Å². The maximum atomic E-state index is 4.27. The van der Waals surface area contributed by atoms with E-state index in [4.69, 9.17) is 0 Å². The second-order valence-electron chi connectivity index (χ2n) is 4.22. The lowest BCUT2D eigenvalue weighted by Crippen LogP contribution is -2.20. The highest BCUT2D eigenvalue weighted by molar-refractivity contribution is 7.79. The molecule has 1 nitrogen and oxygen atoms in total. The zero-order chi connectivity index (χ0) is 12.9. The molecule has 2 aromatic carbocycles. The molecule has 0 spiro atoms. The van der Waals surface area contributed by atoms with Gasteiger partial charge in [0.25, 0.3) is 0 Å². The summed E-state index contributed by atoms with van der Waals surface area (Å²) in [6.07, 6.45) is 3.80. The third-order valence-corrected chi connectivity index (χ3v) is 5.34. The van der Waals surface area contributed by atoms with Gasteiger partial charge in [0, 0.05) is 17.7 Å². The summed E-state index contributed by atoms with van der Waals surface area (Å²) >= 11 is 0. The number of aromatic nitrogens is 1. The molecule has 0 saturated carbocycles. The van der Waals surface area contributed by atoms with Crippen LogP contribution in [0.2, 0.25) is 0 Å². The van der Waals surface area contributed by atoms with Crippen LogP contribution in [0, 0.1) is 0 Å². The summed E-state index contributed by atoms with van der Waals surface area (Å²) in [5.74, 6) is 0. The fraction of sp³-hybridized carbons (Fsp3) is 0. The van der Waals surface area contributed by atoms with Crippen molar-refractivity contribution < 1.29 is 0 Å². The van der Waals surface area contributed by atoms with Crippen molar-refractivity contribution in [3.05, 3.63) is 85.2 Å². The Morgan fingerprint density at radius 2 is 1.11 bits per heavy atom. The van der Waals surface area contributed by atoms with E-state index in [9.17, 15) is 0 Å². The summed E-state index contributed by atoms with van der Waals surface area (Å²) in [4.78, 5) is 4.27. The average Bonchev–Trinajstić information content (AvgIpc) is 2.51. The van der Waals surface area contributed by atoms with Gasteiger partial charge in [0.15, 0.2) is 0 Å². The van der Waals surface area contributed by atoms with E-state index < -0.39 is 7.92 Å². The summed E-state index contributed by atoms with van der Waals surface area (Å²) in [5.41, 5.74) is 0. The fourth-order valence-corrected chi connectivity index (χ4v) is 4.34. The molecule has 0 amide bonds. The van der Waals surface area contributed by atoms with Gasteiger partial charge in [-0.2, -0.15) is 0 Å². The molecule has 0 aliphatic carbocycles. The second kappa shape index (κ2) is 5.77. The predicted octanol–water partition coefficient (Wildman–Crippen LogP) is 2.84. The van der Waals surface area contributed by atoms with Gasteiger partial charge in [-0.3, -0.25) is 4.98 Å². The molecule has 19 heavy (non-hydrogen) atoms. The molecular formula is C17H14NP. The van der Waals surface area contributed by atoms with Gasteiger partial charge >= 0.3 is 0 Å². The molecule has 0 atom stereocenters. The van der Waals surface area contributed by atoms with Gasteiger partial charge in [-0.1, -0.05) is 66.7 Å². The van der Waals surface area contributed by atoms with Crippen LogP contribution in [-0.2, 0) is 0 Å². The summed E-state index contributed by atoms with van der Waals surface area (Å²) in [6, 6.07) is 25.5. The van der Waals surface area contributed by atoms with E-state index in [1.54, 1.807) is 0 Å². The second-order valence-corrected chi connectivity index (χ2v) is 6.44. The average molecular weight is 263 g/mol. The van der Waals surface area contributed by atoms with Crippen molar-refractivity contribution in [2.45, 2.75) is 0 Å². The molecule has 2 heteroatoms.